The lowest BCUT2D eigenvalue weighted by atomic mass is 9.86. The number of fused-ring (bicyclic) bond motifs is 1. The van der Waals surface area contributed by atoms with Crippen molar-refractivity contribution in [3.63, 3.8) is 0 Å². The SMILES string of the molecule is CCOC(=O)c1sc2ncn(CC(=O)N(C3CCC(C)CC3)C3CC3)c(=O)c2c1C. The van der Waals surface area contributed by atoms with E-state index in [1.54, 1.807) is 13.8 Å². The van der Waals surface area contributed by atoms with Gasteiger partial charge in [-0.05, 0) is 63.9 Å². The Morgan fingerprint density at radius 1 is 1.20 bits per heavy atom. The van der Waals surface area contributed by atoms with E-state index in [-0.39, 0.29) is 30.7 Å². The summed E-state index contributed by atoms with van der Waals surface area (Å²) in [5.74, 6) is 0.284. The summed E-state index contributed by atoms with van der Waals surface area (Å²) in [5.41, 5.74) is 0.304. The molecule has 8 heteroatoms. The summed E-state index contributed by atoms with van der Waals surface area (Å²) in [6.45, 7) is 6.02. The standard InChI is InChI=1S/C22H29N3O4S/c1-4-29-22(28)19-14(3)18-20(30-19)23-12-24(21(18)27)11-17(26)25(16-9-10-16)15-7-5-13(2)6-8-15/h12-13,15-16H,4-11H2,1-3H3. The second-order valence-corrected chi connectivity index (χ2v) is 9.58. The number of nitrogens with zero attached hydrogens (tertiary/aromatic N) is 3. The summed E-state index contributed by atoms with van der Waals surface area (Å²) in [4.78, 5) is 45.8. The third kappa shape index (κ3) is 4.02. The second-order valence-electron chi connectivity index (χ2n) is 8.58. The molecule has 2 saturated carbocycles. The summed E-state index contributed by atoms with van der Waals surface area (Å²) < 4.78 is 6.48. The Hall–Kier alpha value is -2.22. The average Bonchev–Trinajstić information content (AvgIpc) is 3.48. The molecule has 1 amide bonds. The molecule has 162 valence electrons. The molecule has 0 aromatic carbocycles. The third-order valence-electron chi connectivity index (χ3n) is 6.29. The number of thiophene rings is 1. The minimum atomic E-state index is -0.438. The molecule has 2 heterocycles. The highest BCUT2D eigenvalue weighted by atomic mass is 32.1. The van der Waals surface area contributed by atoms with Crippen molar-refractivity contribution in [1.82, 2.24) is 14.5 Å². The molecule has 2 aliphatic carbocycles. The number of carbonyl (C=O) groups is 2. The molecule has 4 rings (SSSR count). The number of esters is 1. The van der Waals surface area contributed by atoms with Gasteiger partial charge in [0.1, 0.15) is 16.3 Å². The van der Waals surface area contributed by atoms with E-state index >= 15 is 0 Å². The average molecular weight is 432 g/mol. The lowest BCUT2D eigenvalue weighted by molar-refractivity contribution is -0.135. The van der Waals surface area contributed by atoms with E-state index in [4.69, 9.17) is 4.74 Å². The number of rotatable bonds is 6. The normalized spacial score (nSPS) is 21.6. The van der Waals surface area contributed by atoms with Crippen LogP contribution in [0.2, 0.25) is 0 Å². The van der Waals surface area contributed by atoms with Crippen molar-refractivity contribution < 1.29 is 14.3 Å². The van der Waals surface area contributed by atoms with Crippen LogP contribution >= 0.6 is 11.3 Å². The largest absolute Gasteiger partial charge is 0.462 e. The molecule has 30 heavy (non-hydrogen) atoms. The number of ether oxygens (including phenoxy) is 1. The Morgan fingerprint density at radius 2 is 1.83 bits per heavy atom. The van der Waals surface area contributed by atoms with Gasteiger partial charge >= 0.3 is 5.97 Å². The molecule has 2 aromatic heterocycles. The molecule has 0 atom stereocenters. The molecular formula is C22H29N3O4S. The van der Waals surface area contributed by atoms with Crippen molar-refractivity contribution in [2.75, 3.05) is 6.61 Å². The maximum absolute atomic E-state index is 13.2. The molecule has 0 unspecified atom stereocenters. The summed E-state index contributed by atoms with van der Waals surface area (Å²) >= 11 is 1.16. The Morgan fingerprint density at radius 3 is 2.43 bits per heavy atom. The first-order valence-electron chi connectivity index (χ1n) is 10.9. The van der Waals surface area contributed by atoms with Gasteiger partial charge in [-0.3, -0.25) is 14.2 Å². The molecule has 0 saturated heterocycles. The number of hydrogen-bond acceptors (Lipinski definition) is 6. The molecule has 0 N–H and O–H groups in total. The fraction of sp³-hybridized carbons (Fsp3) is 0.636. The molecule has 0 bridgehead atoms. The smallest absolute Gasteiger partial charge is 0.348 e. The fourth-order valence-corrected chi connectivity index (χ4v) is 5.50. The van der Waals surface area contributed by atoms with Crippen LogP contribution in [0.1, 0.15) is 67.6 Å². The first-order chi connectivity index (χ1) is 14.4. The fourth-order valence-electron chi connectivity index (χ4n) is 4.47. The van der Waals surface area contributed by atoms with Gasteiger partial charge in [-0.25, -0.2) is 9.78 Å². The third-order valence-corrected chi connectivity index (χ3v) is 7.47. The summed E-state index contributed by atoms with van der Waals surface area (Å²) in [6.07, 6.45) is 7.93. The Kier molecular flexibility index (Phi) is 5.95. The zero-order valence-corrected chi connectivity index (χ0v) is 18.7. The number of amides is 1. The van der Waals surface area contributed by atoms with E-state index in [1.165, 1.54) is 10.9 Å². The van der Waals surface area contributed by atoms with E-state index in [1.807, 2.05) is 4.90 Å². The molecule has 0 aliphatic heterocycles. The molecule has 2 fully saturated rings. The van der Waals surface area contributed by atoms with E-state index in [0.717, 1.165) is 55.8 Å². The summed E-state index contributed by atoms with van der Waals surface area (Å²) in [5, 5.41) is 0.405. The van der Waals surface area contributed by atoms with Gasteiger partial charge in [-0.2, -0.15) is 0 Å². The van der Waals surface area contributed by atoms with Crippen LogP contribution in [-0.4, -0.2) is 45.0 Å². The molecule has 2 aromatic rings. The van der Waals surface area contributed by atoms with Crippen LogP contribution in [-0.2, 0) is 16.1 Å². The Bertz CT molecular complexity index is 1020. The van der Waals surface area contributed by atoms with E-state index in [9.17, 15) is 14.4 Å². The van der Waals surface area contributed by atoms with Crippen LogP contribution < -0.4 is 5.56 Å². The van der Waals surface area contributed by atoms with Crippen molar-refractivity contribution in [2.24, 2.45) is 5.92 Å². The minimum Gasteiger partial charge on any atom is -0.462 e. The van der Waals surface area contributed by atoms with E-state index < -0.39 is 5.97 Å². The van der Waals surface area contributed by atoms with Gasteiger partial charge in [0, 0.05) is 12.1 Å². The first kappa shape index (κ1) is 21.0. The van der Waals surface area contributed by atoms with Gasteiger partial charge in [0.2, 0.25) is 5.91 Å². The number of aromatic nitrogens is 2. The molecule has 2 aliphatic rings. The van der Waals surface area contributed by atoms with Gasteiger partial charge < -0.3 is 9.64 Å². The lowest BCUT2D eigenvalue weighted by Crippen LogP contribution is -2.46. The van der Waals surface area contributed by atoms with Crippen LogP contribution in [0.25, 0.3) is 10.2 Å². The van der Waals surface area contributed by atoms with Crippen LogP contribution in [0.3, 0.4) is 0 Å². The van der Waals surface area contributed by atoms with Crippen molar-refractivity contribution in [3.8, 4) is 0 Å². The van der Waals surface area contributed by atoms with Crippen molar-refractivity contribution in [1.29, 1.82) is 0 Å². The topological polar surface area (TPSA) is 81.5 Å². The second kappa shape index (κ2) is 8.49. The van der Waals surface area contributed by atoms with Crippen LogP contribution in [0.15, 0.2) is 11.1 Å². The van der Waals surface area contributed by atoms with Crippen molar-refractivity contribution in [3.05, 3.63) is 27.1 Å². The first-order valence-corrected chi connectivity index (χ1v) is 11.7. The predicted molar refractivity (Wildman–Crippen MR) is 116 cm³/mol. The van der Waals surface area contributed by atoms with Crippen molar-refractivity contribution in [2.45, 2.75) is 77.9 Å². The monoisotopic (exact) mass is 431 g/mol. The number of aryl methyl sites for hydroxylation is 1. The van der Waals surface area contributed by atoms with Crippen LogP contribution in [0.4, 0.5) is 0 Å². The van der Waals surface area contributed by atoms with Crippen LogP contribution in [0.5, 0.6) is 0 Å². The summed E-state index contributed by atoms with van der Waals surface area (Å²) in [7, 11) is 0. The quantitative estimate of drug-likeness (QED) is 0.654. The lowest BCUT2D eigenvalue weighted by Gasteiger charge is -2.36. The number of carbonyl (C=O) groups excluding carboxylic acids is 2. The Labute approximate surface area is 180 Å². The maximum Gasteiger partial charge on any atom is 0.348 e. The molecular weight excluding hydrogens is 402 g/mol. The van der Waals surface area contributed by atoms with Gasteiger partial charge in [0.25, 0.3) is 5.56 Å². The summed E-state index contributed by atoms with van der Waals surface area (Å²) in [6, 6.07) is 0.605. The van der Waals surface area contributed by atoms with E-state index in [2.05, 4.69) is 11.9 Å². The molecule has 0 radical (unpaired) electrons. The maximum atomic E-state index is 13.2. The molecule has 7 nitrogen and oxygen atoms in total. The highest BCUT2D eigenvalue weighted by molar-refractivity contribution is 7.20. The zero-order chi connectivity index (χ0) is 21.4. The highest BCUT2D eigenvalue weighted by Gasteiger charge is 2.38. The van der Waals surface area contributed by atoms with E-state index in [0.29, 0.717) is 26.7 Å². The van der Waals surface area contributed by atoms with Gasteiger partial charge in [0.05, 0.1) is 18.3 Å². The predicted octanol–water partition coefficient (Wildman–Crippen LogP) is 3.51. The van der Waals surface area contributed by atoms with Gasteiger partial charge in [-0.1, -0.05) is 6.92 Å². The van der Waals surface area contributed by atoms with Gasteiger partial charge in [0.15, 0.2) is 0 Å². The zero-order valence-electron chi connectivity index (χ0n) is 17.8. The molecule has 0 spiro atoms. The van der Waals surface area contributed by atoms with Crippen molar-refractivity contribution >= 4 is 33.4 Å². The van der Waals surface area contributed by atoms with Gasteiger partial charge in [-0.15, -0.1) is 11.3 Å². The van der Waals surface area contributed by atoms with Crippen LogP contribution in [0, 0.1) is 12.8 Å². The highest BCUT2D eigenvalue weighted by Crippen LogP contribution is 2.35. The minimum absolute atomic E-state index is 0.00111. The Balaban J connectivity index is 1.59. The number of hydrogen-bond donors (Lipinski definition) is 0.